The van der Waals surface area contributed by atoms with E-state index in [1.165, 1.54) is 11.3 Å². The molecule has 0 aliphatic heterocycles. The van der Waals surface area contributed by atoms with Gasteiger partial charge in [-0.2, -0.15) is 11.8 Å². The molecule has 15 heavy (non-hydrogen) atoms. The molecule has 0 amide bonds. The van der Waals surface area contributed by atoms with Gasteiger partial charge in [0.2, 0.25) is 0 Å². The number of halogens is 2. The van der Waals surface area contributed by atoms with Crippen LogP contribution in [0.3, 0.4) is 0 Å². The summed E-state index contributed by atoms with van der Waals surface area (Å²) in [6.45, 7) is 4.29. The predicted molar refractivity (Wildman–Crippen MR) is 73.7 cm³/mol. The minimum Gasteiger partial charge on any atom is -0.307 e. The molecule has 1 aromatic heterocycles. The summed E-state index contributed by atoms with van der Waals surface area (Å²) in [7, 11) is 0. The maximum Gasteiger partial charge on any atom is 0.0991 e. The Bertz CT molecular complexity index is 314. The Morgan fingerprint density at radius 3 is 2.60 bits per heavy atom. The van der Waals surface area contributed by atoms with Gasteiger partial charge in [0.25, 0.3) is 0 Å². The van der Waals surface area contributed by atoms with Gasteiger partial charge in [0.05, 0.1) is 8.67 Å². The summed E-state index contributed by atoms with van der Waals surface area (Å²) in [5.74, 6) is 1.10. The molecule has 0 saturated heterocycles. The first-order chi connectivity index (χ1) is 7.04. The van der Waals surface area contributed by atoms with Gasteiger partial charge in [0, 0.05) is 17.8 Å². The molecule has 0 saturated carbocycles. The van der Waals surface area contributed by atoms with Crippen LogP contribution in [0.2, 0.25) is 8.67 Å². The van der Waals surface area contributed by atoms with Crippen molar-refractivity contribution in [3.05, 3.63) is 20.3 Å². The Kier molecular flexibility index (Phi) is 5.79. The van der Waals surface area contributed by atoms with Gasteiger partial charge >= 0.3 is 0 Å². The first-order valence-electron chi connectivity index (χ1n) is 4.74. The van der Waals surface area contributed by atoms with Crippen LogP contribution in [0.4, 0.5) is 0 Å². The molecule has 86 valence electrons. The van der Waals surface area contributed by atoms with Crippen molar-refractivity contribution in [2.45, 2.75) is 25.9 Å². The standard InChI is InChI=1S/C10H15Cl2NS2/c1-6(5-14-3)13-7(2)8-4-9(11)15-10(8)12/h4,6-7,13H,5H2,1-3H3. The fourth-order valence-electron chi connectivity index (χ4n) is 1.46. The Morgan fingerprint density at radius 2 is 2.13 bits per heavy atom. The summed E-state index contributed by atoms with van der Waals surface area (Å²) < 4.78 is 1.54. The van der Waals surface area contributed by atoms with Crippen LogP contribution in [0.15, 0.2) is 6.07 Å². The number of rotatable bonds is 5. The lowest BCUT2D eigenvalue weighted by molar-refractivity contribution is 0.512. The molecule has 1 heterocycles. The first-order valence-corrected chi connectivity index (χ1v) is 7.71. The summed E-state index contributed by atoms with van der Waals surface area (Å²) in [4.78, 5) is 0. The highest BCUT2D eigenvalue weighted by atomic mass is 35.5. The average Bonchev–Trinajstić information content (AvgIpc) is 2.45. The van der Waals surface area contributed by atoms with Crippen molar-refractivity contribution < 1.29 is 0 Å². The molecule has 0 aliphatic rings. The van der Waals surface area contributed by atoms with Crippen LogP contribution in [-0.2, 0) is 0 Å². The second-order valence-corrected chi connectivity index (χ2v) is 6.72. The molecular formula is C10H15Cl2NS2. The van der Waals surface area contributed by atoms with Crippen LogP contribution in [0.25, 0.3) is 0 Å². The topological polar surface area (TPSA) is 12.0 Å². The number of thiophene rings is 1. The minimum absolute atomic E-state index is 0.253. The SMILES string of the molecule is CSCC(C)NC(C)c1cc(Cl)sc1Cl. The summed E-state index contributed by atoms with van der Waals surface area (Å²) in [5.41, 5.74) is 1.10. The van der Waals surface area contributed by atoms with Crippen LogP contribution in [0.1, 0.15) is 25.5 Å². The molecule has 0 spiro atoms. The predicted octanol–water partition coefficient (Wildman–Crippen LogP) is 4.46. The summed E-state index contributed by atoms with van der Waals surface area (Å²) in [6.07, 6.45) is 2.11. The number of hydrogen-bond acceptors (Lipinski definition) is 3. The zero-order valence-corrected chi connectivity index (χ0v) is 12.2. The summed E-state index contributed by atoms with van der Waals surface area (Å²) in [6, 6.07) is 2.67. The van der Waals surface area contributed by atoms with Crippen LogP contribution in [0.5, 0.6) is 0 Å². The van der Waals surface area contributed by atoms with Crippen molar-refractivity contribution in [1.29, 1.82) is 0 Å². The van der Waals surface area contributed by atoms with Crippen molar-refractivity contribution in [2.75, 3.05) is 12.0 Å². The quantitative estimate of drug-likeness (QED) is 0.857. The molecule has 0 radical (unpaired) electrons. The highest BCUT2D eigenvalue weighted by Crippen LogP contribution is 2.34. The van der Waals surface area contributed by atoms with E-state index in [-0.39, 0.29) is 6.04 Å². The van der Waals surface area contributed by atoms with Crippen LogP contribution < -0.4 is 5.32 Å². The smallest absolute Gasteiger partial charge is 0.0991 e. The molecular weight excluding hydrogens is 269 g/mol. The van der Waals surface area contributed by atoms with Crippen molar-refractivity contribution in [2.24, 2.45) is 0 Å². The lowest BCUT2D eigenvalue weighted by Gasteiger charge is -2.18. The van der Waals surface area contributed by atoms with Gasteiger partial charge in [0.15, 0.2) is 0 Å². The monoisotopic (exact) mass is 283 g/mol. The van der Waals surface area contributed by atoms with Crippen molar-refractivity contribution in [3.8, 4) is 0 Å². The van der Waals surface area contributed by atoms with Crippen molar-refractivity contribution in [1.82, 2.24) is 5.32 Å². The third kappa shape index (κ3) is 4.16. The molecule has 0 fully saturated rings. The van der Waals surface area contributed by atoms with Crippen LogP contribution >= 0.6 is 46.3 Å². The van der Waals surface area contributed by atoms with E-state index in [2.05, 4.69) is 25.4 Å². The maximum absolute atomic E-state index is 6.09. The normalized spacial score (nSPS) is 15.3. The Balaban J connectivity index is 2.60. The summed E-state index contributed by atoms with van der Waals surface area (Å²) >= 11 is 15.3. The molecule has 1 N–H and O–H groups in total. The lowest BCUT2D eigenvalue weighted by atomic mass is 10.1. The number of thioether (sulfide) groups is 1. The van der Waals surface area contributed by atoms with Gasteiger partial charge in [0.1, 0.15) is 0 Å². The van der Waals surface area contributed by atoms with E-state index < -0.39 is 0 Å². The number of hydrogen-bond donors (Lipinski definition) is 1. The van der Waals surface area contributed by atoms with E-state index in [4.69, 9.17) is 23.2 Å². The fourth-order valence-corrected chi connectivity index (χ4v) is 3.70. The van der Waals surface area contributed by atoms with E-state index in [9.17, 15) is 0 Å². The average molecular weight is 284 g/mol. The highest BCUT2D eigenvalue weighted by Gasteiger charge is 2.14. The van der Waals surface area contributed by atoms with Gasteiger partial charge in [-0.15, -0.1) is 11.3 Å². The summed E-state index contributed by atoms with van der Waals surface area (Å²) in [5, 5.41) is 3.49. The molecule has 2 unspecified atom stereocenters. The third-order valence-electron chi connectivity index (χ3n) is 2.10. The largest absolute Gasteiger partial charge is 0.307 e. The molecule has 0 aliphatic carbocycles. The van der Waals surface area contributed by atoms with E-state index in [1.54, 1.807) is 0 Å². The molecule has 5 heteroatoms. The number of nitrogens with one attached hydrogen (secondary N) is 1. The van der Waals surface area contributed by atoms with E-state index in [0.717, 1.165) is 20.0 Å². The van der Waals surface area contributed by atoms with Gasteiger partial charge in [-0.25, -0.2) is 0 Å². The third-order valence-corrected chi connectivity index (χ3v) is 4.45. The van der Waals surface area contributed by atoms with Crippen LogP contribution in [0, 0.1) is 0 Å². The van der Waals surface area contributed by atoms with E-state index in [1.807, 2.05) is 17.8 Å². The van der Waals surface area contributed by atoms with Crippen molar-refractivity contribution >= 4 is 46.3 Å². The zero-order chi connectivity index (χ0) is 11.4. The molecule has 2 atom stereocenters. The van der Waals surface area contributed by atoms with Crippen molar-refractivity contribution in [3.63, 3.8) is 0 Å². The zero-order valence-electron chi connectivity index (χ0n) is 9.01. The molecule has 1 rings (SSSR count). The fraction of sp³-hybridized carbons (Fsp3) is 0.600. The van der Waals surface area contributed by atoms with E-state index in [0.29, 0.717) is 6.04 Å². The molecule has 0 aromatic carbocycles. The Hall–Kier alpha value is 0.590. The van der Waals surface area contributed by atoms with Gasteiger partial charge in [-0.05, 0) is 31.7 Å². The lowest BCUT2D eigenvalue weighted by Crippen LogP contribution is -2.30. The second kappa shape index (κ2) is 6.36. The highest BCUT2D eigenvalue weighted by molar-refractivity contribution is 7.98. The molecule has 1 aromatic rings. The second-order valence-electron chi connectivity index (χ2n) is 3.52. The van der Waals surface area contributed by atoms with Gasteiger partial charge in [-0.3, -0.25) is 0 Å². The molecule has 0 bridgehead atoms. The van der Waals surface area contributed by atoms with Gasteiger partial charge in [-0.1, -0.05) is 23.2 Å². The van der Waals surface area contributed by atoms with E-state index >= 15 is 0 Å². The Labute approximate surface area is 110 Å². The maximum atomic E-state index is 6.09. The minimum atomic E-state index is 0.253. The van der Waals surface area contributed by atoms with Crippen LogP contribution in [-0.4, -0.2) is 18.1 Å². The first kappa shape index (κ1) is 13.7. The molecule has 1 nitrogen and oxygen atoms in total. The van der Waals surface area contributed by atoms with Gasteiger partial charge < -0.3 is 5.32 Å². The Morgan fingerprint density at radius 1 is 1.47 bits per heavy atom.